The van der Waals surface area contributed by atoms with E-state index in [2.05, 4.69) is 10.4 Å². The van der Waals surface area contributed by atoms with Crippen molar-refractivity contribution in [1.29, 1.82) is 0 Å². The third kappa shape index (κ3) is 2.60. The van der Waals surface area contributed by atoms with E-state index in [1.807, 2.05) is 0 Å². The molecule has 0 spiro atoms. The van der Waals surface area contributed by atoms with E-state index in [0.29, 0.717) is 11.3 Å². The van der Waals surface area contributed by atoms with Crippen molar-refractivity contribution in [2.24, 2.45) is 0 Å². The number of rotatable bonds is 3. The summed E-state index contributed by atoms with van der Waals surface area (Å²) < 4.78 is 15.6. The van der Waals surface area contributed by atoms with Crippen LogP contribution in [0.15, 0.2) is 47.4 Å². The fourth-order valence-corrected chi connectivity index (χ4v) is 2.13. The van der Waals surface area contributed by atoms with Crippen molar-refractivity contribution >= 4 is 17.2 Å². The second kappa shape index (κ2) is 5.44. The van der Waals surface area contributed by atoms with Gasteiger partial charge < -0.3 is 5.32 Å². The number of anilines is 1. The topological polar surface area (TPSA) is 68.4 Å². The number of halogens is 1. The molecule has 0 saturated carbocycles. The normalized spacial score (nSPS) is 10.8. The standard InChI is InChI=1S/C15H13FN4O2/c1-10-5-6-11(16)8-12(10)17-14(21)9-20-15(22)19-7-3-2-4-13(19)18-20/h2-8H,9H2,1H3,(H,17,21). The summed E-state index contributed by atoms with van der Waals surface area (Å²) in [5, 5.41) is 6.65. The predicted molar refractivity (Wildman–Crippen MR) is 79.2 cm³/mol. The number of hydrogen-bond acceptors (Lipinski definition) is 3. The Morgan fingerprint density at radius 1 is 1.32 bits per heavy atom. The van der Waals surface area contributed by atoms with E-state index >= 15 is 0 Å². The number of hydrogen-bond donors (Lipinski definition) is 1. The van der Waals surface area contributed by atoms with Crippen LogP contribution in [0.2, 0.25) is 0 Å². The number of aryl methyl sites for hydroxylation is 1. The lowest BCUT2D eigenvalue weighted by Gasteiger charge is -2.07. The number of aromatic nitrogens is 3. The highest BCUT2D eigenvalue weighted by atomic mass is 19.1. The summed E-state index contributed by atoms with van der Waals surface area (Å²) in [6, 6.07) is 9.25. The molecule has 2 aromatic heterocycles. The average molecular weight is 300 g/mol. The van der Waals surface area contributed by atoms with Crippen molar-refractivity contribution in [3.8, 4) is 0 Å². The molecule has 112 valence electrons. The van der Waals surface area contributed by atoms with Gasteiger partial charge in [0.15, 0.2) is 5.65 Å². The quantitative estimate of drug-likeness (QED) is 0.798. The summed E-state index contributed by atoms with van der Waals surface area (Å²) in [6.07, 6.45) is 1.58. The van der Waals surface area contributed by atoms with Crippen LogP contribution in [0.4, 0.5) is 10.1 Å². The first-order chi connectivity index (χ1) is 10.5. The first kappa shape index (κ1) is 14.0. The highest BCUT2D eigenvalue weighted by molar-refractivity contribution is 5.91. The van der Waals surface area contributed by atoms with Crippen molar-refractivity contribution in [2.45, 2.75) is 13.5 Å². The van der Waals surface area contributed by atoms with E-state index in [0.717, 1.165) is 10.2 Å². The molecule has 0 unspecified atom stereocenters. The lowest BCUT2D eigenvalue weighted by atomic mass is 10.2. The molecule has 1 aromatic carbocycles. The maximum absolute atomic E-state index is 13.2. The van der Waals surface area contributed by atoms with Gasteiger partial charge in [-0.15, -0.1) is 5.10 Å². The Kier molecular flexibility index (Phi) is 3.46. The zero-order chi connectivity index (χ0) is 15.7. The van der Waals surface area contributed by atoms with E-state index in [1.54, 1.807) is 37.4 Å². The van der Waals surface area contributed by atoms with Crippen molar-refractivity contribution in [3.63, 3.8) is 0 Å². The summed E-state index contributed by atoms with van der Waals surface area (Å²) in [7, 11) is 0. The summed E-state index contributed by atoms with van der Waals surface area (Å²) in [6.45, 7) is 1.52. The number of nitrogens with one attached hydrogen (secondary N) is 1. The van der Waals surface area contributed by atoms with Crippen LogP contribution in [0.5, 0.6) is 0 Å². The first-order valence-electron chi connectivity index (χ1n) is 6.65. The number of carbonyl (C=O) groups is 1. The van der Waals surface area contributed by atoms with Crippen molar-refractivity contribution in [2.75, 3.05) is 5.32 Å². The number of pyridine rings is 1. The minimum atomic E-state index is -0.445. The van der Waals surface area contributed by atoms with Gasteiger partial charge in [-0.2, -0.15) is 0 Å². The van der Waals surface area contributed by atoms with Gasteiger partial charge in [-0.3, -0.25) is 9.20 Å². The highest BCUT2D eigenvalue weighted by Crippen LogP contribution is 2.15. The Morgan fingerprint density at radius 2 is 2.14 bits per heavy atom. The molecule has 7 heteroatoms. The van der Waals surface area contributed by atoms with E-state index in [1.165, 1.54) is 16.5 Å². The van der Waals surface area contributed by atoms with Gasteiger partial charge in [-0.05, 0) is 36.8 Å². The van der Waals surface area contributed by atoms with Crippen LogP contribution < -0.4 is 11.0 Å². The lowest BCUT2D eigenvalue weighted by molar-refractivity contribution is -0.117. The van der Waals surface area contributed by atoms with Crippen LogP contribution in [0.25, 0.3) is 5.65 Å². The monoisotopic (exact) mass is 300 g/mol. The third-order valence-corrected chi connectivity index (χ3v) is 3.26. The highest BCUT2D eigenvalue weighted by Gasteiger charge is 2.11. The van der Waals surface area contributed by atoms with Gasteiger partial charge in [-0.1, -0.05) is 12.1 Å². The third-order valence-electron chi connectivity index (χ3n) is 3.26. The molecule has 0 fully saturated rings. The zero-order valence-electron chi connectivity index (χ0n) is 11.8. The molecule has 2 heterocycles. The second-order valence-corrected chi connectivity index (χ2v) is 4.88. The van der Waals surface area contributed by atoms with Gasteiger partial charge in [0.2, 0.25) is 5.91 Å². The second-order valence-electron chi connectivity index (χ2n) is 4.88. The molecule has 0 aliphatic rings. The van der Waals surface area contributed by atoms with Crippen LogP contribution in [-0.4, -0.2) is 20.1 Å². The molecule has 0 bridgehead atoms. The zero-order valence-corrected chi connectivity index (χ0v) is 11.8. The number of nitrogens with zero attached hydrogens (tertiary/aromatic N) is 3. The molecule has 0 aliphatic carbocycles. The molecule has 3 rings (SSSR count). The predicted octanol–water partition coefficient (Wildman–Crippen LogP) is 1.58. The first-order valence-corrected chi connectivity index (χ1v) is 6.65. The molecule has 0 radical (unpaired) electrons. The molecule has 1 amide bonds. The summed E-state index contributed by atoms with van der Waals surface area (Å²) >= 11 is 0. The Bertz CT molecular complexity index is 913. The van der Waals surface area contributed by atoms with Crippen LogP contribution in [-0.2, 0) is 11.3 Å². The van der Waals surface area contributed by atoms with Gasteiger partial charge in [0.25, 0.3) is 0 Å². The van der Waals surface area contributed by atoms with Crippen LogP contribution >= 0.6 is 0 Å². The lowest BCUT2D eigenvalue weighted by Crippen LogP contribution is -2.28. The largest absolute Gasteiger partial charge is 0.350 e. The maximum Gasteiger partial charge on any atom is 0.350 e. The Hall–Kier alpha value is -2.96. The number of carbonyl (C=O) groups excluding carboxylic acids is 1. The van der Waals surface area contributed by atoms with Gasteiger partial charge in [0.05, 0.1) is 0 Å². The summed E-state index contributed by atoms with van der Waals surface area (Å²) in [4.78, 5) is 24.1. The van der Waals surface area contributed by atoms with Gasteiger partial charge in [0.1, 0.15) is 12.4 Å². The minimum Gasteiger partial charge on any atom is -0.324 e. The van der Waals surface area contributed by atoms with Gasteiger partial charge in [0, 0.05) is 11.9 Å². The van der Waals surface area contributed by atoms with E-state index < -0.39 is 17.4 Å². The average Bonchev–Trinajstić information content (AvgIpc) is 2.80. The van der Waals surface area contributed by atoms with Crippen molar-refractivity contribution < 1.29 is 9.18 Å². The fourth-order valence-electron chi connectivity index (χ4n) is 2.13. The molecule has 6 nitrogen and oxygen atoms in total. The van der Waals surface area contributed by atoms with Crippen LogP contribution in [0.1, 0.15) is 5.56 Å². The molecular formula is C15H13FN4O2. The molecule has 22 heavy (non-hydrogen) atoms. The number of fused-ring (bicyclic) bond motifs is 1. The Balaban J connectivity index is 1.83. The van der Waals surface area contributed by atoms with E-state index in [4.69, 9.17) is 0 Å². The van der Waals surface area contributed by atoms with Gasteiger partial charge in [-0.25, -0.2) is 13.9 Å². The van der Waals surface area contributed by atoms with Crippen molar-refractivity contribution in [3.05, 3.63) is 64.5 Å². The molecule has 0 aliphatic heterocycles. The van der Waals surface area contributed by atoms with E-state index in [9.17, 15) is 14.0 Å². The summed E-state index contributed by atoms with van der Waals surface area (Å²) in [5.41, 5.74) is 1.17. The SMILES string of the molecule is Cc1ccc(F)cc1NC(=O)Cn1nc2ccccn2c1=O. The van der Waals surface area contributed by atoms with Crippen LogP contribution in [0, 0.1) is 12.7 Å². The van der Waals surface area contributed by atoms with Crippen molar-refractivity contribution in [1.82, 2.24) is 14.2 Å². The molecule has 1 N–H and O–H groups in total. The Morgan fingerprint density at radius 3 is 2.91 bits per heavy atom. The molecule has 0 atom stereocenters. The smallest absolute Gasteiger partial charge is 0.324 e. The minimum absolute atomic E-state index is 0.240. The number of benzene rings is 1. The van der Waals surface area contributed by atoms with Crippen LogP contribution in [0.3, 0.4) is 0 Å². The fraction of sp³-hybridized carbons (Fsp3) is 0.133. The van der Waals surface area contributed by atoms with Gasteiger partial charge >= 0.3 is 5.69 Å². The molecular weight excluding hydrogens is 287 g/mol. The Labute approximate surface area is 124 Å². The van der Waals surface area contributed by atoms with E-state index in [-0.39, 0.29) is 6.54 Å². The summed E-state index contributed by atoms with van der Waals surface area (Å²) in [5.74, 6) is -0.884. The maximum atomic E-state index is 13.2. The number of amides is 1. The molecule has 3 aromatic rings. The molecule has 0 saturated heterocycles.